The number of hydrogen-bond acceptors (Lipinski definition) is 7. The lowest BCUT2D eigenvalue weighted by molar-refractivity contribution is 0.206. The van der Waals surface area contributed by atoms with Crippen LogP contribution in [0.3, 0.4) is 0 Å². The fraction of sp³-hybridized carbons (Fsp3) is 0.269. The van der Waals surface area contributed by atoms with Gasteiger partial charge in [0.05, 0.1) is 20.3 Å². The van der Waals surface area contributed by atoms with Gasteiger partial charge in [0.1, 0.15) is 36.0 Å². The highest BCUT2D eigenvalue weighted by atomic mass is 16.5. The monoisotopic (exact) mass is 446 g/mol. The van der Waals surface area contributed by atoms with Crippen molar-refractivity contribution in [2.45, 2.75) is 25.2 Å². The fourth-order valence-corrected chi connectivity index (χ4v) is 3.98. The van der Waals surface area contributed by atoms with E-state index in [4.69, 9.17) is 18.9 Å². The summed E-state index contributed by atoms with van der Waals surface area (Å²) in [6.45, 7) is 1.63. The summed E-state index contributed by atoms with van der Waals surface area (Å²) in [6, 6.07) is 20.7. The molecule has 0 saturated heterocycles. The minimum atomic E-state index is -0.873. The highest BCUT2D eigenvalue weighted by Crippen LogP contribution is 2.36. The molecule has 2 aliphatic heterocycles. The predicted molar refractivity (Wildman–Crippen MR) is 124 cm³/mol. The van der Waals surface area contributed by atoms with E-state index >= 15 is 0 Å². The highest BCUT2D eigenvalue weighted by Gasteiger charge is 2.34. The molecule has 0 saturated carbocycles. The number of aliphatic hydroxyl groups excluding tert-OH is 1. The van der Waals surface area contributed by atoms with E-state index in [-0.39, 0.29) is 0 Å². The van der Waals surface area contributed by atoms with Gasteiger partial charge in [-0.15, -0.1) is 0 Å². The molecule has 0 amide bonds. The van der Waals surface area contributed by atoms with Gasteiger partial charge in [-0.05, 0) is 35.4 Å². The molecule has 0 bridgehead atoms. The number of hydrogen-bond donors (Lipinski definition) is 2. The number of methoxy groups -OCH3 is 1. The normalized spacial score (nSPS) is 19.3. The molecule has 33 heavy (non-hydrogen) atoms. The van der Waals surface area contributed by atoms with Gasteiger partial charge in [0.15, 0.2) is 11.5 Å². The van der Waals surface area contributed by atoms with Crippen molar-refractivity contribution in [3.05, 3.63) is 83.4 Å². The number of benzene rings is 3. The predicted octanol–water partition coefficient (Wildman–Crippen LogP) is 3.85. The van der Waals surface area contributed by atoms with Gasteiger partial charge in [-0.1, -0.05) is 36.4 Å². The number of fused-ring (bicyclic) bond motifs is 1. The van der Waals surface area contributed by atoms with Crippen LogP contribution in [0, 0.1) is 0 Å². The van der Waals surface area contributed by atoms with Crippen LogP contribution < -0.4 is 24.4 Å². The molecular weight excluding hydrogens is 420 g/mol. The lowest BCUT2D eigenvalue weighted by Gasteiger charge is -2.19. The van der Waals surface area contributed by atoms with Crippen LogP contribution in [0.2, 0.25) is 0 Å². The summed E-state index contributed by atoms with van der Waals surface area (Å²) >= 11 is 0. The Morgan fingerprint density at radius 1 is 1.00 bits per heavy atom. The smallest absolute Gasteiger partial charge is 0.161 e. The minimum absolute atomic E-state index is 0.392. The second kappa shape index (κ2) is 9.42. The lowest BCUT2D eigenvalue weighted by Crippen LogP contribution is -2.27. The van der Waals surface area contributed by atoms with Crippen LogP contribution in [-0.2, 0) is 6.61 Å². The Balaban J connectivity index is 1.39. The number of hydrazone groups is 1. The summed E-state index contributed by atoms with van der Waals surface area (Å²) in [6.07, 6.45) is -0.0348. The number of nitrogens with zero attached hydrogens (tertiary/aromatic N) is 1. The minimum Gasteiger partial charge on any atom is -0.497 e. The number of rotatable bonds is 6. The van der Waals surface area contributed by atoms with Gasteiger partial charge >= 0.3 is 0 Å². The Morgan fingerprint density at radius 2 is 1.82 bits per heavy atom. The molecule has 0 aromatic heterocycles. The van der Waals surface area contributed by atoms with Gasteiger partial charge in [0.2, 0.25) is 0 Å². The van der Waals surface area contributed by atoms with E-state index in [1.54, 1.807) is 7.11 Å². The Hall–Kier alpha value is -3.71. The fourth-order valence-electron chi connectivity index (χ4n) is 3.98. The first-order valence-electron chi connectivity index (χ1n) is 11.0. The van der Waals surface area contributed by atoms with Crippen molar-refractivity contribution in [3.63, 3.8) is 0 Å². The molecule has 170 valence electrons. The zero-order valence-electron chi connectivity index (χ0n) is 18.4. The summed E-state index contributed by atoms with van der Waals surface area (Å²) in [7, 11) is 1.61. The van der Waals surface area contributed by atoms with Crippen LogP contribution in [0.25, 0.3) is 0 Å². The van der Waals surface area contributed by atoms with Crippen molar-refractivity contribution in [1.29, 1.82) is 0 Å². The SMILES string of the molecule is COc1ccc(C2=NN[C@@H](c3ccc4c(c3)OCCCO4)[C@H]2O)c(OCc2ccccc2)c1. The average molecular weight is 447 g/mol. The van der Waals surface area contributed by atoms with Crippen LogP contribution in [0.1, 0.15) is 29.2 Å². The summed E-state index contributed by atoms with van der Waals surface area (Å²) in [4.78, 5) is 0. The molecule has 3 aromatic carbocycles. The summed E-state index contributed by atoms with van der Waals surface area (Å²) in [5, 5.41) is 15.7. The molecule has 2 aliphatic rings. The van der Waals surface area contributed by atoms with Gasteiger partial charge in [0.25, 0.3) is 0 Å². The van der Waals surface area contributed by atoms with Crippen molar-refractivity contribution in [2.24, 2.45) is 5.10 Å². The van der Waals surface area contributed by atoms with Gasteiger partial charge in [0, 0.05) is 18.1 Å². The molecule has 3 aromatic rings. The van der Waals surface area contributed by atoms with Gasteiger partial charge in [-0.2, -0.15) is 5.10 Å². The first-order valence-corrected chi connectivity index (χ1v) is 11.0. The molecule has 5 rings (SSSR count). The van der Waals surface area contributed by atoms with Crippen molar-refractivity contribution in [3.8, 4) is 23.0 Å². The van der Waals surface area contributed by atoms with E-state index in [2.05, 4.69) is 10.5 Å². The standard InChI is InChI=1S/C26H26N2O5/c1-30-19-9-10-20(22(15-19)33-16-17-6-3-2-4-7-17)25-26(29)24(27-28-25)18-8-11-21-23(14-18)32-13-5-12-31-21/h2-4,6-11,14-15,24,26-27,29H,5,12-13,16H2,1H3/t24-,26+/m0/s1. The third-order valence-corrected chi connectivity index (χ3v) is 5.75. The topological polar surface area (TPSA) is 81.5 Å². The van der Waals surface area contributed by atoms with E-state index in [0.29, 0.717) is 48.3 Å². The maximum atomic E-state index is 11.2. The number of aliphatic hydroxyl groups is 1. The van der Waals surface area contributed by atoms with E-state index in [9.17, 15) is 5.11 Å². The molecule has 2 atom stereocenters. The van der Waals surface area contributed by atoms with Crippen molar-refractivity contribution in [1.82, 2.24) is 5.43 Å². The largest absolute Gasteiger partial charge is 0.497 e. The second-order valence-corrected chi connectivity index (χ2v) is 7.94. The third kappa shape index (κ3) is 4.45. The second-order valence-electron chi connectivity index (χ2n) is 7.94. The van der Waals surface area contributed by atoms with Gasteiger partial charge < -0.3 is 24.1 Å². The van der Waals surface area contributed by atoms with Crippen LogP contribution in [0.5, 0.6) is 23.0 Å². The van der Waals surface area contributed by atoms with Crippen LogP contribution in [-0.4, -0.2) is 37.2 Å². The molecule has 2 N–H and O–H groups in total. The molecule has 7 heteroatoms. The summed E-state index contributed by atoms with van der Waals surface area (Å²) in [5.74, 6) is 2.67. The Morgan fingerprint density at radius 3 is 2.64 bits per heavy atom. The molecule has 0 radical (unpaired) electrons. The third-order valence-electron chi connectivity index (χ3n) is 5.75. The molecule has 0 aliphatic carbocycles. The molecule has 0 spiro atoms. The molecule has 2 heterocycles. The molecule has 0 unspecified atom stereocenters. The Labute approximate surface area is 192 Å². The molecule has 7 nitrogen and oxygen atoms in total. The van der Waals surface area contributed by atoms with Crippen LogP contribution in [0.15, 0.2) is 71.8 Å². The van der Waals surface area contributed by atoms with Gasteiger partial charge in [-0.25, -0.2) is 0 Å². The van der Waals surface area contributed by atoms with Crippen molar-refractivity contribution < 1.29 is 24.1 Å². The Kier molecular flexibility index (Phi) is 6.04. The highest BCUT2D eigenvalue weighted by molar-refractivity contribution is 6.07. The first kappa shape index (κ1) is 21.2. The quantitative estimate of drug-likeness (QED) is 0.599. The number of ether oxygens (including phenoxy) is 4. The average Bonchev–Trinajstić information content (AvgIpc) is 3.08. The van der Waals surface area contributed by atoms with Crippen LogP contribution in [0.4, 0.5) is 0 Å². The van der Waals surface area contributed by atoms with Crippen molar-refractivity contribution in [2.75, 3.05) is 20.3 Å². The lowest BCUT2D eigenvalue weighted by atomic mass is 9.95. The van der Waals surface area contributed by atoms with E-state index in [0.717, 1.165) is 23.3 Å². The molecular formula is C26H26N2O5. The number of nitrogens with one attached hydrogen (secondary N) is 1. The van der Waals surface area contributed by atoms with Crippen molar-refractivity contribution >= 4 is 5.71 Å². The van der Waals surface area contributed by atoms with E-state index in [1.165, 1.54) is 0 Å². The maximum absolute atomic E-state index is 11.2. The summed E-state index contributed by atoms with van der Waals surface area (Å²) in [5.41, 5.74) is 6.21. The zero-order valence-corrected chi connectivity index (χ0v) is 18.4. The van der Waals surface area contributed by atoms with E-state index in [1.807, 2.05) is 66.7 Å². The molecule has 0 fully saturated rings. The first-order chi connectivity index (χ1) is 16.2. The Bertz CT molecular complexity index is 1150. The van der Waals surface area contributed by atoms with Gasteiger partial charge in [-0.3, -0.25) is 5.43 Å². The zero-order chi connectivity index (χ0) is 22.6. The van der Waals surface area contributed by atoms with Crippen LogP contribution >= 0.6 is 0 Å². The maximum Gasteiger partial charge on any atom is 0.161 e. The van der Waals surface area contributed by atoms with E-state index < -0.39 is 12.1 Å². The summed E-state index contributed by atoms with van der Waals surface area (Å²) < 4.78 is 23.0.